The summed E-state index contributed by atoms with van der Waals surface area (Å²) in [7, 11) is -3.49. The Hall–Kier alpha value is -0.920. The molecule has 6 nitrogen and oxygen atoms in total. The molecule has 1 atom stereocenters. The van der Waals surface area contributed by atoms with E-state index in [4.69, 9.17) is 0 Å². The van der Waals surface area contributed by atoms with Crippen LogP contribution < -0.4 is 10.0 Å². The second kappa shape index (κ2) is 6.02. The van der Waals surface area contributed by atoms with Crippen molar-refractivity contribution in [3.8, 4) is 0 Å². The molecule has 1 fully saturated rings. The molecule has 0 bridgehead atoms. The monoisotopic (exact) mass is 286 g/mol. The SMILES string of the molecule is CC(C)n1cnc(S(=O)(=O)NC[C@@H]2CCCCN2)c1. The van der Waals surface area contributed by atoms with Crippen LogP contribution in [0, 0.1) is 0 Å². The van der Waals surface area contributed by atoms with Crippen LogP contribution >= 0.6 is 0 Å². The van der Waals surface area contributed by atoms with E-state index in [0.717, 1.165) is 19.4 Å². The molecular weight excluding hydrogens is 264 g/mol. The zero-order valence-electron chi connectivity index (χ0n) is 11.5. The predicted octanol–water partition coefficient (Wildman–Crippen LogP) is 0.884. The molecule has 7 heteroatoms. The number of piperidine rings is 1. The number of hydrogen-bond donors (Lipinski definition) is 2. The van der Waals surface area contributed by atoms with E-state index in [9.17, 15) is 8.42 Å². The number of sulfonamides is 1. The summed E-state index contributed by atoms with van der Waals surface area (Å²) in [6, 6.07) is 0.437. The molecule has 1 aliphatic heterocycles. The zero-order chi connectivity index (χ0) is 13.9. The van der Waals surface area contributed by atoms with Gasteiger partial charge in [-0.3, -0.25) is 0 Å². The molecular formula is C12H22N4O2S. The lowest BCUT2D eigenvalue weighted by atomic mass is 10.1. The molecule has 0 spiro atoms. The lowest BCUT2D eigenvalue weighted by molar-refractivity contribution is 0.398. The molecule has 0 radical (unpaired) electrons. The van der Waals surface area contributed by atoms with Crippen molar-refractivity contribution in [1.82, 2.24) is 19.6 Å². The van der Waals surface area contributed by atoms with Crippen molar-refractivity contribution in [2.24, 2.45) is 0 Å². The van der Waals surface area contributed by atoms with Crippen LogP contribution in [0.15, 0.2) is 17.6 Å². The number of rotatable bonds is 5. The molecule has 1 aromatic rings. The Bertz CT molecular complexity index is 504. The molecule has 108 valence electrons. The average molecular weight is 286 g/mol. The van der Waals surface area contributed by atoms with Gasteiger partial charge in [-0.15, -0.1) is 0 Å². The third-order valence-corrected chi connectivity index (χ3v) is 4.69. The van der Waals surface area contributed by atoms with Crippen LogP contribution in [0.25, 0.3) is 0 Å². The van der Waals surface area contributed by atoms with Gasteiger partial charge in [-0.05, 0) is 33.2 Å². The second-order valence-electron chi connectivity index (χ2n) is 5.25. The molecule has 2 N–H and O–H groups in total. The highest BCUT2D eigenvalue weighted by Gasteiger charge is 2.20. The normalized spacial score (nSPS) is 20.9. The van der Waals surface area contributed by atoms with Gasteiger partial charge in [0.25, 0.3) is 10.0 Å². The van der Waals surface area contributed by atoms with E-state index in [-0.39, 0.29) is 17.1 Å². The minimum atomic E-state index is -3.49. The van der Waals surface area contributed by atoms with Crippen LogP contribution in [0.5, 0.6) is 0 Å². The van der Waals surface area contributed by atoms with Crippen molar-refractivity contribution in [3.63, 3.8) is 0 Å². The Morgan fingerprint density at radius 1 is 1.53 bits per heavy atom. The van der Waals surface area contributed by atoms with Crippen LogP contribution in [0.3, 0.4) is 0 Å². The predicted molar refractivity (Wildman–Crippen MR) is 73.4 cm³/mol. The van der Waals surface area contributed by atoms with Gasteiger partial charge in [0.2, 0.25) is 0 Å². The third kappa shape index (κ3) is 3.77. The molecule has 1 aliphatic rings. The van der Waals surface area contributed by atoms with Crippen molar-refractivity contribution in [2.75, 3.05) is 13.1 Å². The maximum Gasteiger partial charge on any atom is 0.259 e. The fourth-order valence-electron chi connectivity index (χ4n) is 2.12. The summed E-state index contributed by atoms with van der Waals surface area (Å²) in [5.41, 5.74) is 0. The number of nitrogens with one attached hydrogen (secondary N) is 2. The highest BCUT2D eigenvalue weighted by atomic mass is 32.2. The minimum Gasteiger partial charge on any atom is -0.334 e. The summed E-state index contributed by atoms with van der Waals surface area (Å²) in [4.78, 5) is 3.96. The molecule has 0 aliphatic carbocycles. The van der Waals surface area contributed by atoms with E-state index >= 15 is 0 Å². The molecule has 19 heavy (non-hydrogen) atoms. The molecule has 0 amide bonds. The van der Waals surface area contributed by atoms with Crippen molar-refractivity contribution >= 4 is 10.0 Å². The number of imidazole rings is 1. The highest BCUT2D eigenvalue weighted by Crippen LogP contribution is 2.11. The van der Waals surface area contributed by atoms with Gasteiger partial charge in [0.05, 0.1) is 6.33 Å². The van der Waals surface area contributed by atoms with E-state index < -0.39 is 10.0 Å². The van der Waals surface area contributed by atoms with Gasteiger partial charge >= 0.3 is 0 Å². The van der Waals surface area contributed by atoms with Gasteiger partial charge in [-0.25, -0.2) is 18.1 Å². The van der Waals surface area contributed by atoms with E-state index in [1.165, 1.54) is 6.42 Å². The van der Waals surface area contributed by atoms with Gasteiger partial charge in [-0.2, -0.15) is 0 Å². The number of hydrogen-bond acceptors (Lipinski definition) is 4. The van der Waals surface area contributed by atoms with Gasteiger partial charge in [0, 0.05) is 24.8 Å². The van der Waals surface area contributed by atoms with Gasteiger partial charge < -0.3 is 9.88 Å². The largest absolute Gasteiger partial charge is 0.334 e. The first-order valence-electron chi connectivity index (χ1n) is 6.75. The smallest absolute Gasteiger partial charge is 0.259 e. The minimum absolute atomic E-state index is 0.0945. The Morgan fingerprint density at radius 3 is 2.89 bits per heavy atom. The number of nitrogens with zero attached hydrogens (tertiary/aromatic N) is 2. The van der Waals surface area contributed by atoms with E-state index in [0.29, 0.717) is 6.54 Å². The first-order chi connectivity index (χ1) is 8.99. The van der Waals surface area contributed by atoms with Crippen LogP contribution in [0.2, 0.25) is 0 Å². The molecule has 0 saturated carbocycles. The maximum atomic E-state index is 12.1. The van der Waals surface area contributed by atoms with E-state index in [1.54, 1.807) is 17.1 Å². The zero-order valence-corrected chi connectivity index (χ0v) is 12.3. The summed E-state index contributed by atoms with van der Waals surface area (Å²) in [5, 5.41) is 3.41. The topological polar surface area (TPSA) is 76.0 Å². The van der Waals surface area contributed by atoms with Crippen molar-refractivity contribution in [3.05, 3.63) is 12.5 Å². The summed E-state index contributed by atoms with van der Waals surface area (Å²) < 4.78 is 28.6. The Kier molecular flexibility index (Phi) is 4.59. The first-order valence-corrected chi connectivity index (χ1v) is 8.24. The lowest BCUT2D eigenvalue weighted by Crippen LogP contribution is -2.43. The first kappa shape index (κ1) is 14.5. The van der Waals surface area contributed by atoms with Gasteiger partial charge in [0.1, 0.15) is 0 Å². The molecule has 0 unspecified atom stereocenters. The van der Waals surface area contributed by atoms with Crippen molar-refractivity contribution in [1.29, 1.82) is 0 Å². The van der Waals surface area contributed by atoms with Crippen LogP contribution in [-0.4, -0.2) is 37.1 Å². The fourth-order valence-corrected chi connectivity index (χ4v) is 3.14. The second-order valence-corrected chi connectivity index (χ2v) is 6.97. The molecule has 0 aromatic carbocycles. The standard InChI is InChI=1S/C12H22N4O2S/c1-10(2)16-8-12(14-9-16)19(17,18)15-7-11-5-3-4-6-13-11/h8-11,13,15H,3-7H2,1-2H3/t11-/m0/s1. The number of aromatic nitrogens is 2. The van der Waals surface area contributed by atoms with Crippen LogP contribution in [-0.2, 0) is 10.0 Å². The average Bonchev–Trinajstić information content (AvgIpc) is 2.88. The molecule has 2 rings (SSSR count). The van der Waals surface area contributed by atoms with E-state index in [1.807, 2.05) is 13.8 Å². The van der Waals surface area contributed by atoms with Crippen molar-refractivity contribution < 1.29 is 8.42 Å². The summed E-state index contributed by atoms with van der Waals surface area (Å²) in [5.74, 6) is 0. The summed E-state index contributed by atoms with van der Waals surface area (Å²) in [6.07, 6.45) is 6.46. The lowest BCUT2D eigenvalue weighted by Gasteiger charge is -2.23. The van der Waals surface area contributed by atoms with Gasteiger partial charge in [-0.1, -0.05) is 6.42 Å². The van der Waals surface area contributed by atoms with Crippen LogP contribution in [0.4, 0.5) is 0 Å². The molecule has 2 heterocycles. The quantitative estimate of drug-likeness (QED) is 0.842. The Balaban J connectivity index is 1.96. The van der Waals surface area contributed by atoms with E-state index in [2.05, 4.69) is 15.0 Å². The maximum absolute atomic E-state index is 12.1. The van der Waals surface area contributed by atoms with Gasteiger partial charge in [0.15, 0.2) is 5.03 Å². The Morgan fingerprint density at radius 2 is 2.32 bits per heavy atom. The molecule has 1 aromatic heterocycles. The van der Waals surface area contributed by atoms with Crippen molar-refractivity contribution in [2.45, 2.75) is 50.2 Å². The Labute approximate surface area is 114 Å². The third-order valence-electron chi connectivity index (χ3n) is 3.38. The highest BCUT2D eigenvalue weighted by molar-refractivity contribution is 7.89. The molecule has 1 saturated heterocycles. The van der Waals surface area contributed by atoms with Crippen LogP contribution in [0.1, 0.15) is 39.2 Å². The fraction of sp³-hybridized carbons (Fsp3) is 0.750. The summed E-state index contributed by atoms with van der Waals surface area (Å²) in [6.45, 7) is 5.36. The summed E-state index contributed by atoms with van der Waals surface area (Å²) >= 11 is 0.